The molecular weight excluding hydrogens is 360 g/mol. The molecule has 3 aromatic rings. The fourth-order valence-corrected chi connectivity index (χ4v) is 4.45. The lowest BCUT2D eigenvalue weighted by Gasteiger charge is -2.46. The number of benzene rings is 1. The van der Waals surface area contributed by atoms with Gasteiger partial charge in [-0.1, -0.05) is 11.6 Å². The first-order chi connectivity index (χ1) is 13.2. The van der Waals surface area contributed by atoms with Gasteiger partial charge >= 0.3 is 0 Å². The van der Waals surface area contributed by atoms with Crippen molar-refractivity contribution < 1.29 is 4.74 Å². The van der Waals surface area contributed by atoms with Crippen molar-refractivity contribution in [3.8, 4) is 11.4 Å². The van der Waals surface area contributed by atoms with Crippen LogP contribution >= 0.6 is 11.6 Å². The largest absolute Gasteiger partial charge is 0.497 e. The minimum Gasteiger partial charge on any atom is -0.497 e. The molecule has 0 unspecified atom stereocenters. The molecule has 1 spiro atoms. The first-order valence-corrected chi connectivity index (χ1v) is 9.57. The number of hydrogen-bond donors (Lipinski definition) is 1. The molecule has 2 aromatic heterocycles. The second-order valence-corrected chi connectivity index (χ2v) is 7.57. The molecule has 2 aliphatic rings. The summed E-state index contributed by atoms with van der Waals surface area (Å²) in [6.07, 6.45) is 6.03. The highest BCUT2D eigenvalue weighted by Crippen LogP contribution is 2.44. The molecule has 1 N–H and O–H groups in total. The Hall–Kier alpha value is -2.66. The molecule has 2 aliphatic heterocycles. The fourth-order valence-electron chi connectivity index (χ4n) is 4.34. The Labute approximate surface area is 163 Å². The number of pyridine rings is 1. The topological polar surface area (TPSA) is 42.3 Å². The maximum atomic E-state index is 5.93. The van der Waals surface area contributed by atoms with Crippen LogP contribution in [0.25, 0.3) is 5.69 Å². The third kappa shape index (κ3) is 2.65. The Morgan fingerprint density at radius 1 is 1.15 bits per heavy atom. The number of nitrogens with one attached hydrogen (secondary N) is 1. The van der Waals surface area contributed by atoms with E-state index in [0.29, 0.717) is 5.15 Å². The average molecular weight is 381 g/mol. The highest BCUT2D eigenvalue weighted by Gasteiger charge is 2.41. The number of fused-ring (bicyclic) bond motifs is 4. The van der Waals surface area contributed by atoms with Gasteiger partial charge in [-0.2, -0.15) is 0 Å². The van der Waals surface area contributed by atoms with Crippen molar-refractivity contribution in [2.75, 3.05) is 30.4 Å². The zero-order chi connectivity index (χ0) is 18.4. The predicted molar refractivity (Wildman–Crippen MR) is 108 cm³/mol. The van der Waals surface area contributed by atoms with Gasteiger partial charge in [0, 0.05) is 31.0 Å². The van der Waals surface area contributed by atoms with Gasteiger partial charge in [0.25, 0.3) is 0 Å². The van der Waals surface area contributed by atoms with E-state index in [4.69, 9.17) is 16.3 Å². The van der Waals surface area contributed by atoms with Gasteiger partial charge in [0.1, 0.15) is 10.9 Å². The van der Waals surface area contributed by atoms with Crippen molar-refractivity contribution in [1.82, 2.24) is 9.55 Å². The number of aromatic nitrogens is 2. The van der Waals surface area contributed by atoms with Crippen LogP contribution in [0.4, 0.5) is 11.4 Å². The molecule has 5 nitrogen and oxygen atoms in total. The van der Waals surface area contributed by atoms with Crippen molar-refractivity contribution in [2.24, 2.45) is 0 Å². The third-order valence-corrected chi connectivity index (χ3v) is 5.99. The summed E-state index contributed by atoms with van der Waals surface area (Å²) in [5.41, 5.74) is 4.68. The summed E-state index contributed by atoms with van der Waals surface area (Å²) in [6.45, 7) is 1.92. The first kappa shape index (κ1) is 16.5. The minimum absolute atomic E-state index is 0.0702. The van der Waals surface area contributed by atoms with Crippen molar-refractivity contribution in [3.63, 3.8) is 0 Å². The van der Waals surface area contributed by atoms with Gasteiger partial charge in [-0.15, -0.1) is 0 Å². The predicted octanol–water partition coefficient (Wildman–Crippen LogP) is 4.46. The van der Waals surface area contributed by atoms with Gasteiger partial charge in [-0.25, -0.2) is 4.98 Å². The lowest BCUT2D eigenvalue weighted by molar-refractivity contribution is 0.355. The molecule has 1 fully saturated rings. The molecule has 1 aromatic carbocycles. The van der Waals surface area contributed by atoms with E-state index >= 15 is 0 Å². The Kier molecular flexibility index (Phi) is 3.79. The lowest BCUT2D eigenvalue weighted by Crippen LogP contribution is -2.49. The number of nitrogens with zero attached hydrogens (tertiary/aromatic N) is 3. The number of anilines is 2. The summed E-state index contributed by atoms with van der Waals surface area (Å²) in [5.74, 6) is 0.872. The number of halogens is 1. The fraction of sp³-hybridized carbons (Fsp3) is 0.286. The van der Waals surface area contributed by atoms with Crippen LogP contribution < -0.4 is 15.0 Å². The van der Waals surface area contributed by atoms with E-state index in [1.54, 1.807) is 7.11 Å². The zero-order valence-electron chi connectivity index (χ0n) is 15.2. The normalized spacial score (nSPS) is 17.2. The van der Waals surface area contributed by atoms with Crippen LogP contribution in [-0.4, -0.2) is 29.8 Å². The summed E-state index contributed by atoms with van der Waals surface area (Å²) in [6, 6.07) is 14.5. The molecule has 0 amide bonds. The zero-order valence-corrected chi connectivity index (χ0v) is 15.9. The van der Waals surface area contributed by atoms with Crippen LogP contribution in [0.2, 0.25) is 5.15 Å². The summed E-state index contributed by atoms with van der Waals surface area (Å²) in [5, 5.41) is 4.38. The SMILES string of the molecule is COc1ccc2c(c1)NC1(CCN(c3ccc(Cl)nc3)CC1)c1cccn1-2. The molecule has 6 heteroatoms. The quantitative estimate of drug-likeness (QED) is 0.667. The molecule has 138 valence electrons. The molecule has 5 rings (SSSR count). The molecule has 4 heterocycles. The molecule has 0 bridgehead atoms. The van der Waals surface area contributed by atoms with Crippen molar-refractivity contribution >= 4 is 23.0 Å². The van der Waals surface area contributed by atoms with Crippen LogP contribution in [-0.2, 0) is 5.54 Å². The number of piperidine rings is 1. The number of ether oxygens (including phenoxy) is 1. The van der Waals surface area contributed by atoms with Gasteiger partial charge in [0.05, 0.1) is 35.9 Å². The maximum absolute atomic E-state index is 5.93. The van der Waals surface area contributed by atoms with E-state index in [9.17, 15) is 0 Å². The van der Waals surface area contributed by atoms with Crippen LogP contribution in [0.3, 0.4) is 0 Å². The summed E-state index contributed by atoms with van der Waals surface area (Å²) in [4.78, 5) is 6.60. The number of hydrogen-bond acceptors (Lipinski definition) is 4. The summed E-state index contributed by atoms with van der Waals surface area (Å²) in [7, 11) is 1.71. The highest BCUT2D eigenvalue weighted by molar-refractivity contribution is 6.29. The van der Waals surface area contributed by atoms with Gasteiger partial charge < -0.3 is 19.5 Å². The minimum atomic E-state index is -0.0702. The highest BCUT2D eigenvalue weighted by atomic mass is 35.5. The van der Waals surface area contributed by atoms with Gasteiger partial charge in [-0.05, 0) is 49.2 Å². The lowest BCUT2D eigenvalue weighted by atomic mass is 9.82. The van der Waals surface area contributed by atoms with E-state index in [1.807, 2.05) is 24.4 Å². The maximum Gasteiger partial charge on any atom is 0.129 e. The van der Waals surface area contributed by atoms with Crippen LogP contribution in [0, 0.1) is 0 Å². The van der Waals surface area contributed by atoms with E-state index < -0.39 is 0 Å². The van der Waals surface area contributed by atoms with Crippen molar-refractivity contribution in [2.45, 2.75) is 18.4 Å². The van der Waals surface area contributed by atoms with E-state index in [1.165, 1.54) is 11.4 Å². The number of rotatable bonds is 2. The smallest absolute Gasteiger partial charge is 0.129 e. The third-order valence-electron chi connectivity index (χ3n) is 5.77. The molecule has 0 saturated carbocycles. The molecule has 0 aliphatic carbocycles. The second-order valence-electron chi connectivity index (χ2n) is 7.18. The Morgan fingerprint density at radius 2 is 2.00 bits per heavy atom. The van der Waals surface area contributed by atoms with Crippen LogP contribution in [0.5, 0.6) is 5.75 Å². The van der Waals surface area contributed by atoms with Gasteiger partial charge in [0.2, 0.25) is 0 Å². The molecule has 0 atom stereocenters. The van der Waals surface area contributed by atoms with E-state index in [2.05, 4.69) is 50.2 Å². The average Bonchev–Trinajstić information content (AvgIpc) is 3.20. The van der Waals surface area contributed by atoms with Gasteiger partial charge in [0.15, 0.2) is 0 Å². The Morgan fingerprint density at radius 3 is 2.74 bits per heavy atom. The summed E-state index contributed by atoms with van der Waals surface area (Å²) < 4.78 is 7.75. The Balaban J connectivity index is 1.46. The summed E-state index contributed by atoms with van der Waals surface area (Å²) >= 11 is 5.93. The van der Waals surface area contributed by atoms with Crippen molar-refractivity contribution in [3.05, 3.63) is 65.7 Å². The molecule has 27 heavy (non-hydrogen) atoms. The standard InChI is InChI=1S/C21H21ClN4O/c1-27-16-5-6-18-17(13-16)24-21(19-3-2-10-26(18)19)8-11-25(12-9-21)15-4-7-20(22)23-14-15/h2-7,10,13-14,24H,8-9,11-12H2,1H3. The van der Waals surface area contributed by atoms with E-state index in [0.717, 1.165) is 43.1 Å². The molecule has 1 saturated heterocycles. The Bertz CT molecular complexity index is 974. The molecule has 0 radical (unpaired) electrons. The van der Waals surface area contributed by atoms with Crippen LogP contribution in [0.15, 0.2) is 54.9 Å². The number of methoxy groups -OCH3 is 1. The first-order valence-electron chi connectivity index (χ1n) is 9.19. The molecular formula is C21H21ClN4O. The van der Waals surface area contributed by atoms with E-state index in [-0.39, 0.29) is 5.54 Å². The second kappa shape index (κ2) is 6.20. The monoisotopic (exact) mass is 380 g/mol. The van der Waals surface area contributed by atoms with Crippen LogP contribution in [0.1, 0.15) is 18.5 Å². The van der Waals surface area contributed by atoms with Crippen molar-refractivity contribution in [1.29, 1.82) is 0 Å². The van der Waals surface area contributed by atoms with Gasteiger partial charge in [-0.3, -0.25) is 0 Å².